The van der Waals surface area contributed by atoms with Gasteiger partial charge in [-0.1, -0.05) is 42.5 Å². The van der Waals surface area contributed by atoms with Gasteiger partial charge in [0.1, 0.15) is 0 Å². The number of para-hydroxylation sites is 1. The van der Waals surface area contributed by atoms with Gasteiger partial charge in [-0.25, -0.2) is 0 Å². The van der Waals surface area contributed by atoms with E-state index in [0.717, 1.165) is 33.3 Å². The molecule has 1 heterocycles. The van der Waals surface area contributed by atoms with E-state index in [1.165, 1.54) is 0 Å². The number of benzene rings is 2. The third kappa shape index (κ3) is 2.49. The number of H-pyrrole nitrogens is 1. The predicted molar refractivity (Wildman–Crippen MR) is 93.8 cm³/mol. The molecule has 2 aromatic carbocycles. The largest absolute Gasteiger partial charge is 0.390 e. The molecule has 4 rings (SSSR count). The molecule has 3 aromatic rings. The summed E-state index contributed by atoms with van der Waals surface area (Å²) < 4.78 is 0. The first kappa shape index (κ1) is 15.0. The SMILES string of the molecule is Cc1[nH]c2ccccc2c1CC(=O)NC1c2ccccc2CC1O. The van der Waals surface area contributed by atoms with E-state index in [9.17, 15) is 9.90 Å². The highest BCUT2D eigenvalue weighted by molar-refractivity contribution is 5.90. The number of aryl methyl sites for hydroxylation is 1. The second-order valence-corrected chi connectivity index (χ2v) is 6.47. The lowest BCUT2D eigenvalue weighted by Gasteiger charge is -2.18. The van der Waals surface area contributed by atoms with Crippen LogP contribution in [-0.2, 0) is 17.6 Å². The molecule has 0 saturated carbocycles. The van der Waals surface area contributed by atoms with Crippen LogP contribution in [0.3, 0.4) is 0 Å². The molecule has 24 heavy (non-hydrogen) atoms. The van der Waals surface area contributed by atoms with Gasteiger partial charge in [-0.15, -0.1) is 0 Å². The molecule has 2 atom stereocenters. The molecular formula is C20H20N2O2. The van der Waals surface area contributed by atoms with Crippen LogP contribution in [0, 0.1) is 6.92 Å². The highest BCUT2D eigenvalue weighted by atomic mass is 16.3. The lowest BCUT2D eigenvalue weighted by molar-refractivity contribution is -0.121. The zero-order valence-corrected chi connectivity index (χ0v) is 13.5. The normalized spacial score (nSPS) is 19.4. The van der Waals surface area contributed by atoms with Crippen LogP contribution in [0.2, 0.25) is 0 Å². The summed E-state index contributed by atoms with van der Waals surface area (Å²) >= 11 is 0. The minimum atomic E-state index is -0.560. The fraction of sp³-hybridized carbons (Fsp3) is 0.250. The molecule has 4 nitrogen and oxygen atoms in total. The number of hydrogen-bond donors (Lipinski definition) is 3. The summed E-state index contributed by atoms with van der Waals surface area (Å²) in [5.74, 6) is -0.0661. The number of fused-ring (bicyclic) bond motifs is 2. The Balaban J connectivity index is 1.56. The molecular weight excluding hydrogens is 300 g/mol. The second kappa shape index (κ2) is 5.80. The highest BCUT2D eigenvalue weighted by Gasteiger charge is 2.31. The maximum atomic E-state index is 12.6. The molecule has 0 saturated heterocycles. The van der Waals surface area contributed by atoms with Gasteiger partial charge in [0.15, 0.2) is 0 Å². The standard InChI is InChI=1S/C20H20N2O2/c1-12-16(15-8-4-5-9-17(15)21-12)11-19(24)22-20-14-7-3-2-6-13(14)10-18(20)23/h2-9,18,20-21,23H,10-11H2,1H3,(H,22,24). The number of aliphatic hydroxyl groups excluding tert-OH is 1. The van der Waals surface area contributed by atoms with Gasteiger partial charge in [-0.05, 0) is 29.7 Å². The van der Waals surface area contributed by atoms with Crippen LogP contribution in [0.1, 0.15) is 28.4 Å². The van der Waals surface area contributed by atoms with Crippen molar-refractivity contribution < 1.29 is 9.90 Å². The first-order valence-corrected chi connectivity index (χ1v) is 8.25. The number of nitrogens with one attached hydrogen (secondary N) is 2. The van der Waals surface area contributed by atoms with Crippen molar-refractivity contribution in [3.8, 4) is 0 Å². The van der Waals surface area contributed by atoms with Crippen molar-refractivity contribution in [1.82, 2.24) is 10.3 Å². The molecule has 1 amide bonds. The molecule has 0 fully saturated rings. The van der Waals surface area contributed by atoms with Gasteiger partial charge in [-0.2, -0.15) is 0 Å². The maximum Gasteiger partial charge on any atom is 0.225 e. The molecule has 1 aromatic heterocycles. The Morgan fingerprint density at radius 2 is 1.96 bits per heavy atom. The molecule has 3 N–H and O–H groups in total. The molecule has 2 unspecified atom stereocenters. The molecule has 0 bridgehead atoms. The Bertz CT molecular complexity index is 913. The average Bonchev–Trinajstić information content (AvgIpc) is 3.05. The van der Waals surface area contributed by atoms with E-state index in [-0.39, 0.29) is 11.9 Å². The van der Waals surface area contributed by atoms with Crippen molar-refractivity contribution in [2.45, 2.75) is 31.9 Å². The fourth-order valence-electron chi connectivity index (χ4n) is 3.70. The quantitative estimate of drug-likeness (QED) is 0.695. The van der Waals surface area contributed by atoms with Gasteiger partial charge in [0, 0.05) is 23.0 Å². The van der Waals surface area contributed by atoms with E-state index in [2.05, 4.69) is 10.3 Å². The van der Waals surface area contributed by atoms with Gasteiger partial charge < -0.3 is 15.4 Å². The van der Waals surface area contributed by atoms with Crippen LogP contribution in [-0.4, -0.2) is 22.1 Å². The Morgan fingerprint density at radius 3 is 2.83 bits per heavy atom. The van der Waals surface area contributed by atoms with E-state index in [4.69, 9.17) is 0 Å². The van der Waals surface area contributed by atoms with Crippen LogP contribution in [0.25, 0.3) is 10.9 Å². The highest BCUT2D eigenvalue weighted by Crippen LogP contribution is 2.31. The van der Waals surface area contributed by atoms with E-state index < -0.39 is 6.10 Å². The number of aromatic nitrogens is 1. The smallest absolute Gasteiger partial charge is 0.225 e. The number of amides is 1. The predicted octanol–water partition coefficient (Wildman–Crippen LogP) is 2.79. The minimum absolute atomic E-state index is 0.0661. The molecule has 1 aliphatic rings. The lowest BCUT2D eigenvalue weighted by Crippen LogP contribution is -2.34. The van der Waals surface area contributed by atoms with Crippen molar-refractivity contribution in [2.75, 3.05) is 0 Å². The van der Waals surface area contributed by atoms with Crippen molar-refractivity contribution >= 4 is 16.8 Å². The second-order valence-electron chi connectivity index (χ2n) is 6.47. The molecule has 0 radical (unpaired) electrons. The number of aliphatic hydroxyl groups is 1. The monoisotopic (exact) mass is 320 g/mol. The third-order valence-corrected chi connectivity index (χ3v) is 4.88. The maximum absolute atomic E-state index is 12.6. The fourth-order valence-corrected chi connectivity index (χ4v) is 3.70. The lowest BCUT2D eigenvalue weighted by atomic mass is 10.1. The van der Waals surface area contributed by atoms with Crippen LogP contribution >= 0.6 is 0 Å². The van der Waals surface area contributed by atoms with Crippen LogP contribution in [0.4, 0.5) is 0 Å². The molecule has 1 aliphatic carbocycles. The summed E-state index contributed by atoms with van der Waals surface area (Å²) in [6, 6.07) is 15.6. The van der Waals surface area contributed by atoms with Crippen LogP contribution in [0.15, 0.2) is 48.5 Å². The minimum Gasteiger partial charge on any atom is -0.390 e. The zero-order valence-electron chi connectivity index (χ0n) is 13.5. The summed E-state index contributed by atoms with van der Waals surface area (Å²) in [4.78, 5) is 15.9. The first-order chi connectivity index (χ1) is 11.6. The Morgan fingerprint density at radius 1 is 1.21 bits per heavy atom. The zero-order chi connectivity index (χ0) is 16.7. The number of rotatable bonds is 3. The summed E-state index contributed by atoms with van der Waals surface area (Å²) in [5.41, 5.74) is 5.21. The Kier molecular flexibility index (Phi) is 3.62. The van der Waals surface area contributed by atoms with Crippen LogP contribution < -0.4 is 5.32 Å². The van der Waals surface area contributed by atoms with Crippen molar-refractivity contribution in [2.24, 2.45) is 0 Å². The van der Waals surface area contributed by atoms with Crippen molar-refractivity contribution in [3.63, 3.8) is 0 Å². The van der Waals surface area contributed by atoms with Crippen molar-refractivity contribution in [3.05, 3.63) is 70.9 Å². The number of aromatic amines is 1. The molecule has 0 aliphatic heterocycles. The Labute approximate surface area is 140 Å². The van der Waals surface area contributed by atoms with E-state index in [1.807, 2.05) is 55.5 Å². The van der Waals surface area contributed by atoms with E-state index >= 15 is 0 Å². The molecule has 4 heteroatoms. The number of carbonyl (C=O) groups is 1. The third-order valence-electron chi connectivity index (χ3n) is 4.88. The summed E-state index contributed by atoms with van der Waals surface area (Å²) in [6.45, 7) is 1.99. The van der Waals surface area contributed by atoms with Gasteiger partial charge in [-0.3, -0.25) is 4.79 Å². The van der Waals surface area contributed by atoms with Gasteiger partial charge in [0.25, 0.3) is 0 Å². The van der Waals surface area contributed by atoms with Gasteiger partial charge in [0.05, 0.1) is 18.6 Å². The van der Waals surface area contributed by atoms with Crippen LogP contribution in [0.5, 0.6) is 0 Å². The van der Waals surface area contributed by atoms with Gasteiger partial charge in [0.2, 0.25) is 5.91 Å². The molecule has 122 valence electrons. The van der Waals surface area contributed by atoms with Gasteiger partial charge >= 0.3 is 0 Å². The Hall–Kier alpha value is -2.59. The van der Waals surface area contributed by atoms with E-state index in [1.54, 1.807) is 0 Å². The summed E-state index contributed by atoms with van der Waals surface area (Å²) in [6.07, 6.45) is 0.337. The number of hydrogen-bond acceptors (Lipinski definition) is 2. The topological polar surface area (TPSA) is 65.1 Å². The number of carbonyl (C=O) groups excluding carboxylic acids is 1. The average molecular weight is 320 g/mol. The first-order valence-electron chi connectivity index (χ1n) is 8.25. The van der Waals surface area contributed by atoms with E-state index in [0.29, 0.717) is 12.8 Å². The molecule has 0 spiro atoms. The van der Waals surface area contributed by atoms with Crippen molar-refractivity contribution in [1.29, 1.82) is 0 Å². The summed E-state index contributed by atoms with van der Waals surface area (Å²) in [5, 5.41) is 14.4. The summed E-state index contributed by atoms with van der Waals surface area (Å²) in [7, 11) is 0.